The van der Waals surface area contributed by atoms with Crippen molar-refractivity contribution in [3.8, 4) is 6.07 Å². The minimum absolute atomic E-state index is 0.0204. The molecule has 0 aromatic carbocycles. The van der Waals surface area contributed by atoms with Crippen LogP contribution in [0, 0.1) is 17.2 Å². The first kappa shape index (κ1) is 14.9. The molecule has 0 aliphatic carbocycles. The summed E-state index contributed by atoms with van der Waals surface area (Å²) >= 11 is 1.43. The van der Waals surface area contributed by atoms with Gasteiger partial charge >= 0.3 is 0 Å². The van der Waals surface area contributed by atoms with Crippen molar-refractivity contribution >= 4 is 16.7 Å². The first-order valence-electron chi connectivity index (χ1n) is 6.30. The number of aromatic nitrogens is 2. The molecule has 100 valence electrons. The maximum atomic E-state index is 8.72. The van der Waals surface area contributed by atoms with Crippen LogP contribution in [0.2, 0.25) is 0 Å². The van der Waals surface area contributed by atoms with Crippen molar-refractivity contribution in [2.75, 3.05) is 18.0 Å². The van der Waals surface area contributed by atoms with E-state index in [-0.39, 0.29) is 5.41 Å². The van der Waals surface area contributed by atoms with Crippen molar-refractivity contribution < 1.29 is 0 Å². The SMILES string of the molecule is CC(C)CN(CCC#N)c1nc(C(C)(C)C)ns1. The second kappa shape index (κ2) is 6.14. The lowest BCUT2D eigenvalue weighted by molar-refractivity contribution is 0.552. The lowest BCUT2D eigenvalue weighted by atomic mass is 9.96. The largest absolute Gasteiger partial charge is 0.346 e. The number of nitrogens with zero attached hydrogens (tertiary/aromatic N) is 4. The van der Waals surface area contributed by atoms with Gasteiger partial charge in [-0.2, -0.15) is 9.64 Å². The molecule has 0 spiro atoms. The molecular weight excluding hydrogens is 244 g/mol. The molecule has 0 N–H and O–H groups in total. The van der Waals surface area contributed by atoms with Crippen molar-refractivity contribution in [3.05, 3.63) is 5.82 Å². The van der Waals surface area contributed by atoms with Crippen molar-refractivity contribution in [1.82, 2.24) is 9.36 Å². The van der Waals surface area contributed by atoms with E-state index in [1.165, 1.54) is 11.5 Å². The van der Waals surface area contributed by atoms with Gasteiger partial charge in [-0.15, -0.1) is 0 Å². The minimum atomic E-state index is -0.0204. The molecule has 0 bridgehead atoms. The van der Waals surface area contributed by atoms with Gasteiger partial charge in [0.25, 0.3) is 0 Å². The van der Waals surface area contributed by atoms with Crippen molar-refractivity contribution in [1.29, 1.82) is 5.26 Å². The molecule has 4 nitrogen and oxygen atoms in total. The van der Waals surface area contributed by atoms with Crippen LogP contribution in [0.1, 0.15) is 46.9 Å². The summed E-state index contributed by atoms with van der Waals surface area (Å²) < 4.78 is 4.43. The number of hydrogen-bond donors (Lipinski definition) is 0. The summed E-state index contributed by atoms with van der Waals surface area (Å²) in [5.74, 6) is 1.43. The maximum absolute atomic E-state index is 8.72. The van der Waals surface area contributed by atoms with E-state index in [1.54, 1.807) is 0 Å². The molecular formula is C13H22N4S. The van der Waals surface area contributed by atoms with E-state index in [9.17, 15) is 0 Å². The highest BCUT2D eigenvalue weighted by atomic mass is 32.1. The Morgan fingerprint density at radius 1 is 1.39 bits per heavy atom. The summed E-state index contributed by atoms with van der Waals surface area (Å²) in [6.07, 6.45) is 0.525. The quantitative estimate of drug-likeness (QED) is 0.821. The molecule has 0 amide bonds. The average molecular weight is 266 g/mol. The highest BCUT2D eigenvalue weighted by Gasteiger charge is 2.21. The molecule has 1 rings (SSSR count). The second-order valence-electron chi connectivity index (χ2n) is 5.90. The smallest absolute Gasteiger partial charge is 0.205 e. The Bertz CT molecular complexity index is 411. The van der Waals surface area contributed by atoms with E-state index >= 15 is 0 Å². The zero-order valence-electron chi connectivity index (χ0n) is 11.9. The molecule has 1 heterocycles. The van der Waals surface area contributed by atoms with Gasteiger partial charge < -0.3 is 4.90 Å². The van der Waals surface area contributed by atoms with Crippen molar-refractivity contribution in [2.45, 2.75) is 46.5 Å². The Kier molecular flexibility index (Phi) is 5.09. The third-order valence-corrected chi connectivity index (χ3v) is 3.21. The molecule has 0 unspecified atom stereocenters. The van der Waals surface area contributed by atoms with Gasteiger partial charge in [-0.3, -0.25) is 0 Å². The van der Waals surface area contributed by atoms with Crippen LogP contribution in [-0.4, -0.2) is 22.4 Å². The van der Waals surface area contributed by atoms with Gasteiger partial charge in [-0.1, -0.05) is 34.6 Å². The average Bonchev–Trinajstić information content (AvgIpc) is 2.72. The standard InChI is InChI=1S/C13H22N4S/c1-10(2)9-17(8-6-7-14)12-15-11(16-18-12)13(3,4)5/h10H,6,8-9H2,1-5H3. The molecule has 0 aliphatic rings. The van der Waals surface area contributed by atoms with Gasteiger partial charge in [0.2, 0.25) is 5.13 Å². The molecule has 0 aliphatic heterocycles. The van der Waals surface area contributed by atoms with Crippen molar-refractivity contribution in [3.63, 3.8) is 0 Å². The maximum Gasteiger partial charge on any atom is 0.205 e. The lowest BCUT2D eigenvalue weighted by Gasteiger charge is -2.22. The topological polar surface area (TPSA) is 52.8 Å². The van der Waals surface area contributed by atoms with Gasteiger partial charge in [0.05, 0.1) is 12.5 Å². The molecule has 0 fully saturated rings. The first-order valence-corrected chi connectivity index (χ1v) is 7.08. The van der Waals surface area contributed by atoms with E-state index in [0.29, 0.717) is 12.3 Å². The summed E-state index contributed by atoms with van der Waals surface area (Å²) in [4.78, 5) is 6.78. The zero-order chi connectivity index (χ0) is 13.8. The Morgan fingerprint density at radius 2 is 2.06 bits per heavy atom. The molecule has 18 heavy (non-hydrogen) atoms. The Labute approximate surface area is 114 Å². The lowest BCUT2D eigenvalue weighted by Crippen LogP contribution is -2.28. The summed E-state index contributed by atoms with van der Waals surface area (Å²) in [7, 11) is 0. The Hall–Kier alpha value is -1.15. The van der Waals surface area contributed by atoms with Crippen molar-refractivity contribution in [2.24, 2.45) is 5.92 Å². The molecule has 0 radical (unpaired) electrons. The Morgan fingerprint density at radius 3 is 2.50 bits per heavy atom. The zero-order valence-corrected chi connectivity index (χ0v) is 12.7. The fraction of sp³-hybridized carbons (Fsp3) is 0.769. The van der Waals surface area contributed by atoms with Gasteiger partial charge in [-0.25, -0.2) is 4.98 Å². The van der Waals surface area contributed by atoms with Gasteiger partial charge in [0, 0.05) is 30.0 Å². The fourth-order valence-corrected chi connectivity index (χ4v) is 2.43. The van der Waals surface area contributed by atoms with E-state index in [1.807, 2.05) is 0 Å². The van der Waals surface area contributed by atoms with Gasteiger partial charge in [0.15, 0.2) is 0 Å². The van der Waals surface area contributed by atoms with Crippen LogP contribution >= 0.6 is 11.5 Å². The summed E-state index contributed by atoms with van der Waals surface area (Å²) in [5.41, 5.74) is -0.0204. The van der Waals surface area contributed by atoms with E-state index < -0.39 is 0 Å². The van der Waals surface area contributed by atoms with Gasteiger partial charge in [-0.05, 0) is 5.92 Å². The summed E-state index contributed by atoms with van der Waals surface area (Å²) in [6.45, 7) is 12.3. The number of rotatable bonds is 5. The van der Waals surface area contributed by atoms with Crippen LogP contribution in [0.5, 0.6) is 0 Å². The van der Waals surface area contributed by atoms with Crippen LogP contribution in [0.4, 0.5) is 5.13 Å². The van der Waals surface area contributed by atoms with Crippen LogP contribution in [0.25, 0.3) is 0 Å². The monoisotopic (exact) mass is 266 g/mol. The number of nitriles is 1. The first-order chi connectivity index (χ1) is 8.34. The normalized spacial score (nSPS) is 11.6. The Balaban J connectivity index is 2.85. The van der Waals surface area contributed by atoms with E-state index in [4.69, 9.17) is 5.26 Å². The van der Waals surface area contributed by atoms with Crippen LogP contribution < -0.4 is 4.90 Å². The third-order valence-electron chi connectivity index (χ3n) is 2.44. The summed E-state index contributed by atoms with van der Waals surface area (Å²) in [6, 6.07) is 2.19. The van der Waals surface area contributed by atoms with E-state index in [2.05, 4.69) is 54.9 Å². The second-order valence-corrected chi connectivity index (χ2v) is 6.63. The molecule has 5 heteroatoms. The highest BCUT2D eigenvalue weighted by molar-refractivity contribution is 7.09. The third kappa shape index (κ3) is 4.26. The summed E-state index contributed by atoms with van der Waals surface area (Å²) in [5, 5.41) is 9.66. The molecule has 1 aromatic rings. The molecule has 0 atom stereocenters. The molecule has 0 saturated carbocycles. The highest BCUT2D eigenvalue weighted by Crippen LogP contribution is 2.25. The van der Waals surface area contributed by atoms with Gasteiger partial charge in [0.1, 0.15) is 5.82 Å². The minimum Gasteiger partial charge on any atom is -0.346 e. The fourth-order valence-electron chi connectivity index (χ4n) is 1.54. The molecule has 1 aromatic heterocycles. The van der Waals surface area contributed by atoms with Crippen LogP contribution in [0.3, 0.4) is 0 Å². The predicted molar refractivity (Wildman–Crippen MR) is 75.9 cm³/mol. The molecule has 0 saturated heterocycles. The number of hydrogen-bond acceptors (Lipinski definition) is 5. The van der Waals surface area contributed by atoms with Crippen LogP contribution in [-0.2, 0) is 5.41 Å². The predicted octanol–water partition coefficient (Wildman–Crippen LogP) is 3.21. The van der Waals surface area contributed by atoms with Crippen LogP contribution in [0.15, 0.2) is 0 Å². The number of anilines is 1. The van der Waals surface area contributed by atoms with E-state index in [0.717, 1.165) is 24.0 Å².